The molecule has 1 atom stereocenters. The minimum atomic E-state index is -1.18. The van der Waals surface area contributed by atoms with Gasteiger partial charge in [0, 0.05) is 6.04 Å². The molecule has 0 aliphatic heterocycles. The zero-order valence-electron chi connectivity index (χ0n) is 12.2. The van der Waals surface area contributed by atoms with Gasteiger partial charge in [0.15, 0.2) is 0 Å². The van der Waals surface area contributed by atoms with Crippen LogP contribution in [0.1, 0.15) is 46.0 Å². The Bertz CT molecular complexity index is 318. The van der Waals surface area contributed by atoms with Crippen molar-refractivity contribution in [1.29, 1.82) is 0 Å². The van der Waals surface area contributed by atoms with E-state index in [1.807, 2.05) is 6.92 Å². The van der Waals surface area contributed by atoms with Crippen molar-refractivity contribution < 1.29 is 19.5 Å². The van der Waals surface area contributed by atoms with Crippen molar-refractivity contribution >= 4 is 17.9 Å². The molecule has 0 spiro atoms. The summed E-state index contributed by atoms with van der Waals surface area (Å²) in [4.78, 5) is 34.2. The molecular weight excluding hydrogens is 262 g/mol. The van der Waals surface area contributed by atoms with Crippen molar-refractivity contribution in [3.05, 3.63) is 0 Å². The number of nitrogens with zero attached hydrogens (tertiary/aromatic N) is 1. The summed E-state index contributed by atoms with van der Waals surface area (Å²) >= 11 is 0. The van der Waals surface area contributed by atoms with Crippen LogP contribution in [0.15, 0.2) is 0 Å². The van der Waals surface area contributed by atoms with Gasteiger partial charge in [-0.15, -0.1) is 0 Å². The van der Waals surface area contributed by atoms with Crippen molar-refractivity contribution in [1.82, 2.24) is 10.2 Å². The van der Waals surface area contributed by atoms with E-state index in [1.54, 1.807) is 0 Å². The fourth-order valence-corrected chi connectivity index (χ4v) is 1.80. The minimum absolute atomic E-state index is 0.0662. The predicted molar refractivity (Wildman–Crippen MR) is 75.2 cm³/mol. The summed E-state index contributed by atoms with van der Waals surface area (Å²) in [5.74, 6) is -1.92. The molecule has 0 aromatic heterocycles. The number of urea groups is 1. The third kappa shape index (κ3) is 9.18. The maximum absolute atomic E-state index is 11.9. The summed E-state index contributed by atoms with van der Waals surface area (Å²) in [6.07, 6.45) is 5.24. The normalized spacial score (nSPS) is 11.7. The first-order chi connectivity index (χ1) is 9.36. The van der Waals surface area contributed by atoms with Gasteiger partial charge in [0.05, 0.1) is 0 Å². The molecule has 0 aromatic rings. The molecule has 0 rings (SSSR count). The van der Waals surface area contributed by atoms with Crippen LogP contribution in [0.3, 0.4) is 0 Å². The van der Waals surface area contributed by atoms with Gasteiger partial charge >= 0.3 is 12.0 Å². The van der Waals surface area contributed by atoms with Gasteiger partial charge in [-0.25, -0.2) is 4.79 Å². The molecule has 0 aliphatic carbocycles. The van der Waals surface area contributed by atoms with Gasteiger partial charge in [-0.05, 0) is 13.3 Å². The molecule has 0 radical (unpaired) electrons. The van der Waals surface area contributed by atoms with Gasteiger partial charge in [0.25, 0.3) is 0 Å². The number of nitrogens with two attached hydrogens (primary N) is 1. The van der Waals surface area contributed by atoms with Gasteiger partial charge < -0.3 is 21.1 Å². The fraction of sp³-hybridized carbons (Fsp3) is 0.769. The van der Waals surface area contributed by atoms with Crippen molar-refractivity contribution in [2.75, 3.05) is 13.1 Å². The number of hydrogen-bond donors (Lipinski definition) is 3. The standard InChI is InChI=1S/C13H25N3O4/c1-3-4-5-6-7-10(2)15-13(20)16(8-11(14)17)9-12(18)19/h10H,3-9H2,1-2H3,(H2,14,17)(H,15,20)(H,18,19). The zero-order valence-corrected chi connectivity index (χ0v) is 12.2. The van der Waals surface area contributed by atoms with E-state index >= 15 is 0 Å². The van der Waals surface area contributed by atoms with E-state index < -0.39 is 31.0 Å². The average molecular weight is 287 g/mol. The molecule has 7 nitrogen and oxygen atoms in total. The SMILES string of the molecule is CCCCCCC(C)NC(=O)N(CC(N)=O)CC(=O)O. The largest absolute Gasteiger partial charge is 0.480 e. The predicted octanol–water partition coefficient (Wildman–Crippen LogP) is 0.927. The summed E-state index contributed by atoms with van der Waals surface area (Å²) in [7, 11) is 0. The number of aliphatic carboxylic acids is 1. The first kappa shape index (κ1) is 18.2. The molecule has 3 amide bonds. The lowest BCUT2D eigenvalue weighted by Crippen LogP contribution is -2.48. The molecule has 0 aromatic carbocycles. The maximum atomic E-state index is 11.9. The number of carboxylic acid groups (broad SMARTS) is 1. The number of carbonyl (C=O) groups is 3. The first-order valence-electron chi connectivity index (χ1n) is 6.92. The summed E-state index contributed by atoms with van der Waals surface area (Å²) in [5.41, 5.74) is 5.00. The number of carbonyl (C=O) groups excluding carboxylic acids is 2. The van der Waals surface area contributed by atoms with E-state index in [2.05, 4.69) is 12.2 Å². The number of carboxylic acids is 1. The summed E-state index contributed by atoms with van der Waals surface area (Å²) in [6.45, 7) is 3.03. The average Bonchev–Trinajstić information content (AvgIpc) is 2.32. The van der Waals surface area contributed by atoms with Crippen LogP contribution in [0, 0.1) is 0 Å². The topological polar surface area (TPSA) is 113 Å². The molecular formula is C13H25N3O4. The number of nitrogens with one attached hydrogen (secondary N) is 1. The van der Waals surface area contributed by atoms with Crippen molar-refractivity contribution in [2.24, 2.45) is 5.73 Å². The molecule has 1 unspecified atom stereocenters. The Labute approximate surface area is 119 Å². The van der Waals surface area contributed by atoms with Crippen LogP contribution in [0.4, 0.5) is 4.79 Å². The highest BCUT2D eigenvalue weighted by atomic mass is 16.4. The van der Waals surface area contributed by atoms with Crippen LogP contribution in [0.2, 0.25) is 0 Å². The highest BCUT2D eigenvalue weighted by Gasteiger charge is 2.19. The van der Waals surface area contributed by atoms with E-state index in [4.69, 9.17) is 10.8 Å². The summed E-state index contributed by atoms with van der Waals surface area (Å²) < 4.78 is 0. The smallest absolute Gasteiger partial charge is 0.323 e. The highest BCUT2D eigenvalue weighted by Crippen LogP contribution is 2.05. The number of amides is 3. The van der Waals surface area contributed by atoms with E-state index in [0.29, 0.717) is 0 Å². The number of primary amides is 1. The van der Waals surface area contributed by atoms with Gasteiger partial charge in [0.1, 0.15) is 13.1 Å². The van der Waals surface area contributed by atoms with Crippen LogP contribution >= 0.6 is 0 Å². The quantitative estimate of drug-likeness (QED) is 0.519. The second-order valence-electron chi connectivity index (χ2n) is 4.92. The second-order valence-corrected chi connectivity index (χ2v) is 4.92. The lowest BCUT2D eigenvalue weighted by atomic mass is 10.1. The lowest BCUT2D eigenvalue weighted by Gasteiger charge is -2.22. The molecule has 0 aliphatic rings. The van der Waals surface area contributed by atoms with E-state index in [9.17, 15) is 14.4 Å². The maximum Gasteiger partial charge on any atom is 0.323 e. The van der Waals surface area contributed by atoms with Crippen LogP contribution < -0.4 is 11.1 Å². The molecule has 7 heteroatoms. The second kappa shape index (κ2) is 10.1. The van der Waals surface area contributed by atoms with E-state index in [1.165, 1.54) is 0 Å². The Morgan fingerprint density at radius 1 is 1.20 bits per heavy atom. The van der Waals surface area contributed by atoms with Crippen molar-refractivity contribution in [2.45, 2.75) is 52.0 Å². The molecule has 0 fully saturated rings. The molecule has 0 saturated heterocycles. The highest BCUT2D eigenvalue weighted by molar-refractivity contribution is 5.85. The lowest BCUT2D eigenvalue weighted by molar-refractivity contribution is -0.137. The molecule has 4 N–H and O–H groups in total. The molecule has 20 heavy (non-hydrogen) atoms. The zero-order chi connectivity index (χ0) is 15.5. The minimum Gasteiger partial charge on any atom is -0.480 e. The van der Waals surface area contributed by atoms with Crippen molar-refractivity contribution in [3.8, 4) is 0 Å². The Kier molecular flexibility index (Phi) is 9.15. The van der Waals surface area contributed by atoms with Crippen LogP contribution in [-0.4, -0.2) is 47.0 Å². The van der Waals surface area contributed by atoms with Gasteiger partial charge in [-0.2, -0.15) is 0 Å². The van der Waals surface area contributed by atoms with Gasteiger partial charge in [-0.1, -0.05) is 32.6 Å². The summed E-state index contributed by atoms with van der Waals surface area (Å²) in [6, 6.07) is -0.641. The molecule has 0 bridgehead atoms. The number of hydrogen-bond acceptors (Lipinski definition) is 3. The fourth-order valence-electron chi connectivity index (χ4n) is 1.80. The molecule has 116 valence electrons. The third-order valence-corrected chi connectivity index (χ3v) is 2.82. The van der Waals surface area contributed by atoms with Gasteiger partial charge in [0.2, 0.25) is 5.91 Å². The Morgan fingerprint density at radius 3 is 2.35 bits per heavy atom. The first-order valence-corrected chi connectivity index (χ1v) is 6.92. The van der Waals surface area contributed by atoms with Gasteiger partial charge in [-0.3, -0.25) is 9.59 Å². The Morgan fingerprint density at radius 2 is 1.85 bits per heavy atom. The van der Waals surface area contributed by atoms with Crippen LogP contribution in [-0.2, 0) is 9.59 Å². The molecule has 0 heterocycles. The van der Waals surface area contributed by atoms with E-state index in [0.717, 1.165) is 37.0 Å². The Balaban J connectivity index is 4.22. The monoisotopic (exact) mass is 287 g/mol. The van der Waals surface area contributed by atoms with Crippen LogP contribution in [0.5, 0.6) is 0 Å². The summed E-state index contributed by atoms with van der Waals surface area (Å²) in [5, 5.41) is 11.4. The van der Waals surface area contributed by atoms with Crippen LogP contribution in [0.25, 0.3) is 0 Å². The molecule has 0 saturated carbocycles. The number of unbranched alkanes of at least 4 members (excludes halogenated alkanes) is 3. The third-order valence-electron chi connectivity index (χ3n) is 2.82. The Hall–Kier alpha value is -1.79. The van der Waals surface area contributed by atoms with E-state index in [-0.39, 0.29) is 6.04 Å². The number of rotatable bonds is 10. The van der Waals surface area contributed by atoms with Crippen molar-refractivity contribution in [3.63, 3.8) is 0 Å².